The van der Waals surface area contributed by atoms with Gasteiger partial charge in [0.2, 0.25) is 0 Å². The fourth-order valence-corrected chi connectivity index (χ4v) is 4.37. The molecule has 144 valence electrons. The second kappa shape index (κ2) is 7.92. The largest absolute Gasteiger partial charge is 0.338 e. The Bertz CT molecular complexity index is 880. The molecule has 4 rings (SSSR count). The number of nitro benzene ring substituents is 1. The molecule has 2 aromatic rings. The topological polar surface area (TPSA) is 76.3 Å². The minimum Gasteiger partial charge on any atom is -0.338 e. The van der Waals surface area contributed by atoms with Gasteiger partial charge in [-0.25, -0.2) is 0 Å². The maximum absolute atomic E-state index is 13.2. The monoisotopic (exact) mass is 377 g/mol. The van der Waals surface area contributed by atoms with Gasteiger partial charge in [0.25, 0.3) is 11.6 Å². The Kier molecular flexibility index (Phi) is 5.19. The molecule has 3 unspecified atom stereocenters. The van der Waals surface area contributed by atoms with Crippen molar-refractivity contribution < 1.29 is 9.72 Å². The molecule has 1 heterocycles. The van der Waals surface area contributed by atoms with Crippen molar-refractivity contribution in [2.24, 2.45) is 17.8 Å². The number of hydrogen-bond acceptors (Lipinski definition) is 4. The summed E-state index contributed by atoms with van der Waals surface area (Å²) in [5.74, 6) is 1.63. The lowest BCUT2D eigenvalue weighted by Gasteiger charge is -2.29. The number of non-ortho nitro benzene ring substituents is 1. The van der Waals surface area contributed by atoms with Crippen molar-refractivity contribution in [3.05, 3.63) is 82.2 Å². The van der Waals surface area contributed by atoms with Gasteiger partial charge in [0, 0.05) is 49.1 Å². The van der Waals surface area contributed by atoms with Crippen LogP contribution in [0.3, 0.4) is 0 Å². The van der Waals surface area contributed by atoms with E-state index in [-0.39, 0.29) is 11.6 Å². The van der Waals surface area contributed by atoms with Gasteiger partial charge in [0.05, 0.1) is 4.92 Å². The third-order valence-electron chi connectivity index (χ3n) is 5.85. The molecule has 1 aromatic heterocycles. The van der Waals surface area contributed by atoms with Crippen LogP contribution in [0.2, 0.25) is 0 Å². The highest BCUT2D eigenvalue weighted by atomic mass is 16.6. The molecular weight excluding hydrogens is 354 g/mol. The second-order valence-corrected chi connectivity index (χ2v) is 7.67. The van der Waals surface area contributed by atoms with Crippen molar-refractivity contribution in [3.8, 4) is 0 Å². The number of nitro groups is 1. The summed E-state index contributed by atoms with van der Waals surface area (Å²) < 4.78 is 0. The zero-order chi connectivity index (χ0) is 19.5. The average molecular weight is 377 g/mol. The molecule has 2 bridgehead atoms. The molecule has 1 amide bonds. The summed E-state index contributed by atoms with van der Waals surface area (Å²) in [5, 5.41) is 10.9. The molecule has 0 N–H and O–H groups in total. The standard InChI is InChI=1S/C22H23N3O3/c26-22(17-6-8-21(9-7-17)25(27)28)24(12-10-20-3-1-2-11-23-20)15-19-14-16-4-5-18(19)13-16/h1-9,11,16,18-19H,10,12-15H2. The lowest BCUT2D eigenvalue weighted by Crippen LogP contribution is -2.38. The fraction of sp³-hybridized carbons (Fsp3) is 0.364. The predicted octanol–water partition coefficient (Wildman–Crippen LogP) is 3.89. The van der Waals surface area contributed by atoms with Crippen LogP contribution in [-0.4, -0.2) is 33.8 Å². The van der Waals surface area contributed by atoms with E-state index in [1.165, 1.54) is 18.6 Å². The summed E-state index contributed by atoms with van der Waals surface area (Å²) in [4.78, 5) is 29.8. The molecule has 0 aliphatic heterocycles. The van der Waals surface area contributed by atoms with Gasteiger partial charge >= 0.3 is 0 Å². The van der Waals surface area contributed by atoms with E-state index in [1.54, 1.807) is 18.3 Å². The normalized spacial score (nSPS) is 22.4. The number of fused-ring (bicyclic) bond motifs is 2. The molecule has 6 heteroatoms. The number of hydrogen-bond donors (Lipinski definition) is 0. The molecule has 28 heavy (non-hydrogen) atoms. The minimum atomic E-state index is -0.450. The van der Waals surface area contributed by atoms with Gasteiger partial charge in [-0.2, -0.15) is 0 Å². The van der Waals surface area contributed by atoms with E-state index < -0.39 is 4.92 Å². The number of carbonyl (C=O) groups is 1. The first-order valence-electron chi connectivity index (χ1n) is 9.72. The van der Waals surface area contributed by atoms with Gasteiger partial charge in [-0.05, 0) is 54.9 Å². The lowest BCUT2D eigenvalue weighted by molar-refractivity contribution is -0.384. The number of benzene rings is 1. The van der Waals surface area contributed by atoms with E-state index in [9.17, 15) is 14.9 Å². The Labute approximate surface area is 164 Å². The molecule has 6 nitrogen and oxygen atoms in total. The van der Waals surface area contributed by atoms with Crippen LogP contribution in [0.15, 0.2) is 60.8 Å². The highest BCUT2D eigenvalue weighted by Gasteiger charge is 2.37. The number of carbonyl (C=O) groups excluding carboxylic acids is 1. The summed E-state index contributed by atoms with van der Waals surface area (Å²) in [6.45, 7) is 1.30. The second-order valence-electron chi connectivity index (χ2n) is 7.67. The maximum atomic E-state index is 13.2. The molecular formula is C22H23N3O3. The smallest absolute Gasteiger partial charge is 0.269 e. The fourth-order valence-electron chi connectivity index (χ4n) is 4.37. The van der Waals surface area contributed by atoms with Crippen LogP contribution < -0.4 is 0 Å². The number of pyridine rings is 1. The van der Waals surface area contributed by atoms with Crippen LogP contribution in [0.1, 0.15) is 28.9 Å². The lowest BCUT2D eigenvalue weighted by atomic mass is 9.92. The first-order valence-corrected chi connectivity index (χ1v) is 9.72. The highest BCUT2D eigenvalue weighted by molar-refractivity contribution is 5.94. The third kappa shape index (κ3) is 3.96. The van der Waals surface area contributed by atoms with Gasteiger partial charge in [-0.3, -0.25) is 19.9 Å². The molecule has 1 saturated carbocycles. The van der Waals surface area contributed by atoms with Crippen molar-refractivity contribution in [2.45, 2.75) is 19.3 Å². The average Bonchev–Trinajstić information content (AvgIpc) is 3.34. The molecule has 1 aromatic carbocycles. The first kappa shape index (κ1) is 18.3. The predicted molar refractivity (Wildman–Crippen MR) is 106 cm³/mol. The first-order chi connectivity index (χ1) is 13.6. The third-order valence-corrected chi connectivity index (χ3v) is 5.85. The Morgan fingerprint density at radius 1 is 1.14 bits per heavy atom. The number of rotatable bonds is 7. The molecule has 0 radical (unpaired) electrons. The van der Waals surface area contributed by atoms with Crippen LogP contribution in [0, 0.1) is 27.9 Å². The van der Waals surface area contributed by atoms with E-state index in [4.69, 9.17) is 0 Å². The van der Waals surface area contributed by atoms with Crippen molar-refractivity contribution in [3.63, 3.8) is 0 Å². The van der Waals surface area contributed by atoms with Crippen LogP contribution in [0.5, 0.6) is 0 Å². The molecule has 1 fully saturated rings. The van der Waals surface area contributed by atoms with E-state index in [0.29, 0.717) is 42.8 Å². The van der Waals surface area contributed by atoms with Crippen LogP contribution in [-0.2, 0) is 6.42 Å². The van der Waals surface area contributed by atoms with Gasteiger partial charge in [-0.1, -0.05) is 18.2 Å². The van der Waals surface area contributed by atoms with Crippen LogP contribution in [0.25, 0.3) is 0 Å². The summed E-state index contributed by atoms with van der Waals surface area (Å²) in [7, 11) is 0. The molecule has 3 atom stereocenters. The summed E-state index contributed by atoms with van der Waals surface area (Å²) in [5.41, 5.74) is 1.44. The Hall–Kier alpha value is -3.02. The molecule has 0 saturated heterocycles. The molecule has 2 aliphatic rings. The van der Waals surface area contributed by atoms with E-state index in [2.05, 4.69) is 17.1 Å². The Morgan fingerprint density at radius 3 is 2.57 bits per heavy atom. The summed E-state index contributed by atoms with van der Waals surface area (Å²) in [6, 6.07) is 11.7. The maximum Gasteiger partial charge on any atom is 0.269 e. The van der Waals surface area contributed by atoms with Gasteiger partial charge < -0.3 is 4.90 Å². The van der Waals surface area contributed by atoms with Crippen molar-refractivity contribution in [1.29, 1.82) is 0 Å². The summed E-state index contributed by atoms with van der Waals surface area (Å²) in [6.07, 6.45) is 9.39. The molecule has 2 aliphatic carbocycles. The number of nitrogens with zero attached hydrogens (tertiary/aromatic N) is 3. The minimum absolute atomic E-state index is 0.00479. The van der Waals surface area contributed by atoms with Crippen LogP contribution >= 0.6 is 0 Å². The SMILES string of the molecule is O=C(c1ccc([N+](=O)[O-])cc1)N(CCc1ccccn1)CC1CC2C=CC1C2. The number of amides is 1. The zero-order valence-electron chi connectivity index (χ0n) is 15.6. The van der Waals surface area contributed by atoms with Gasteiger partial charge in [-0.15, -0.1) is 0 Å². The van der Waals surface area contributed by atoms with E-state index in [1.807, 2.05) is 23.1 Å². The van der Waals surface area contributed by atoms with Gasteiger partial charge in [0.15, 0.2) is 0 Å². The van der Waals surface area contributed by atoms with Gasteiger partial charge in [0.1, 0.15) is 0 Å². The molecule has 0 spiro atoms. The van der Waals surface area contributed by atoms with E-state index >= 15 is 0 Å². The van der Waals surface area contributed by atoms with E-state index in [0.717, 1.165) is 12.1 Å². The Balaban J connectivity index is 1.50. The van der Waals surface area contributed by atoms with Crippen molar-refractivity contribution in [1.82, 2.24) is 9.88 Å². The van der Waals surface area contributed by atoms with Crippen LogP contribution in [0.4, 0.5) is 5.69 Å². The Morgan fingerprint density at radius 2 is 1.96 bits per heavy atom. The van der Waals surface area contributed by atoms with Crippen molar-refractivity contribution in [2.75, 3.05) is 13.1 Å². The number of allylic oxidation sites excluding steroid dienone is 2. The zero-order valence-corrected chi connectivity index (χ0v) is 15.6. The quantitative estimate of drug-likeness (QED) is 0.417. The summed E-state index contributed by atoms with van der Waals surface area (Å²) >= 11 is 0. The van der Waals surface area contributed by atoms with Crippen molar-refractivity contribution >= 4 is 11.6 Å². The highest BCUT2D eigenvalue weighted by Crippen LogP contribution is 2.43. The number of aromatic nitrogens is 1.